The van der Waals surface area contributed by atoms with E-state index in [1.54, 1.807) is 0 Å². The second kappa shape index (κ2) is 3.44. The Hall–Kier alpha value is -1.23. The lowest BCUT2D eigenvalue weighted by Gasteiger charge is -2.03. The van der Waals surface area contributed by atoms with Crippen LogP contribution in [0.25, 0.3) is 0 Å². The van der Waals surface area contributed by atoms with E-state index < -0.39 is 0 Å². The molecule has 12 heavy (non-hydrogen) atoms. The first-order chi connectivity index (χ1) is 5.65. The quantitative estimate of drug-likeness (QED) is 0.609. The zero-order valence-electron chi connectivity index (χ0n) is 7.78. The predicted octanol–water partition coefficient (Wildman–Crippen LogP) is 2.20. The second-order valence-electron chi connectivity index (χ2n) is 3.24. The van der Waals surface area contributed by atoms with E-state index >= 15 is 0 Å². The van der Waals surface area contributed by atoms with Gasteiger partial charge in [0.15, 0.2) is 0 Å². The van der Waals surface area contributed by atoms with E-state index in [0.29, 0.717) is 6.04 Å². The van der Waals surface area contributed by atoms with Gasteiger partial charge in [-0.05, 0) is 20.8 Å². The van der Waals surface area contributed by atoms with Gasteiger partial charge in [-0.15, -0.1) is 6.42 Å². The molecule has 0 amide bonds. The van der Waals surface area contributed by atoms with E-state index in [1.165, 1.54) is 0 Å². The van der Waals surface area contributed by atoms with Crippen molar-refractivity contribution in [3.63, 3.8) is 0 Å². The molecule has 0 saturated heterocycles. The summed E-state index contributed by atoms with van der Waals surface area (Å²) in [5.74, 6) is 2.84. The van der Waals surface area contributed by atoms with E-state index in [-0.39, 0.29) is 5.92 Å². The minimum Gasteiger partial charge on any atom is -0.270 e. The summed E-state index contributed by atoms with van der Waals surface area (Å²) in [7, 11) is 0. The van der Waals surface area contributed by atoms with Crippen LogP contribution in [-0.4, -0.2) is 9.78 Å². The topological polar surface area (TPSA) is 17.8 Å². The fourth-order valence-electron chi connectivity index (χ4n) is 0.955. The molecular weight excluding hydrogens is 148 g/mol. The largest absolute Gasteiger partial charge is 0.270 e. The molecule has 2 nitrogen and oxygen atoms in total. The molecule has 64 valence electrons. The fourth-order valence-corrected chi connectivity index (χ4v) is 0.955. The van der Waals surface area contributed by atoms with Gasteiger partial charge >= 0.3 is 0 Å². The smallest absolute Gasteiger partial charge is 0.0534 e. The van der Waals surface area contributed by atoms with Crippen molar-refractivity contribution in [2.24, 2.45) is 0 Å². The van der Waals surface area contributed by atoms with Crippen molar-refractivity contribution in [2.45, 2.75) is 32.7 Å². The first-order valence-electron chi connectivity index (χ1n) is 4.15. The summed E-state index contributed by atoms with van der Waals surface area (Å²) < 4.78 is 1.92. The van der Waals surface area contributed by atoms with Crippen LogP contribution in [0.15, 0.2) is 12.4 Å². The molecule has 0 bridgehead atoms. The predicted molar refractivity (Wildman–Crippen MR) is 49.9 cm³/mol. The minimum atomic E-state index is 0.164. The second-order valence-corrected chi connectivity index (χ2v) is 3.24. The van der Waals surface area contributed by atoms with Crippen LogP contribution in [-0.2, 0) is 0 Å². The first kappa shape index (κ1) is 8.86. The van der Waals surface area contributed by atoms with Gasteiger partial charge in [-0.1, -0.05) is 5.92 Å². The van der Waals surface area contributed by atoms with Crippen LogP contribution in [0.1, 0.15) is 38.3 Å². The standard InChI is InChI=1S/C10H14N2/c1-5-9(4)10-6-11-12(7-10)8(2)3/h1,6-9H,2-4H3. The van der Waals surface area contributed by atoms with Crippen molar-refractivity contribution < 1.29 is 0 Å². The molecule has 1 atom stereocenters. The number of terminal acetylenes is 1. The van der Waals surface area contributed by atoms with Crippen molar-refractivity contribution in [3.05, 3.63) is 18.0 Å². The number of rotatable bonds is 2. The monoisotopic (exact) mass is 162 g/mol. The van der Waals surface area contributed by atoms with Crippen LogP contribution in [0.4, 0.5) is 0 Å². The van der Waals surface area contributed by atoms with Crippen molar-refractivity contribution in [1.82, 2.24) is 9.78 Å². The van der Waals surface area contributed by atoms with Crippen LogP contribution < -0.4 is 0 Å². The average Bonchev–Trinajstić information content (AvgIpc) is 2.51. The van der Waals surface area contributed by atoms with Gasteiger partial charge in [-0.2, -0.15) is 5.10 Å². The Balaban J connectivity index is 2.86. The van der Waals surface area contributed by atoms with E-state index in [0.717, 1.165) is 5.56 Å². The summed E-state index contributed by atoms with van der Waals surface area (Å²) in [6.45, 7) is 6.19. The summed E-state index contributed by atoms with van der Waals surface area (Å²) in [5, 5.41) is 4.21. The lowest BCUT2D eigenvalue weighted by molar-refractivity contribution is 0.532. The maximum atomic E-state index is 5.30. The molecule has 0 fully saturated rings. The van der Waals surface area contributed by atoms with Crippen LogP contribution in [0, 0.1) is 12.3 Å². The summed E-state index contributed by atoms with van der Waals surface area (Å²) in [5.41, 5.74) is 1.12. The number of aromatic nitrogens is 2. The van der Waals surface area contributed by atoms with Gasteiger partial charge in [0.1, 0.15) is 0 Å². The third-order valence-electron chi connectivity index (χ3n) is 1.90. The zero-order valence-corrected chi connectivity index (χ0v) is 7.78. The van der Waals surface area contributed by atoms with E-state index in [2.05, 4.69) is 24.9 Å². The Morgan fingerprint density at radius 3 is 2.58 bits per heavy atom. The normalized spacial score (nSPS) is 12.9. The van der Waals surface area contributed by atoms with Gasteiger partial charge < -0.3 is 0 Å². The summed E-state index contributed by atoms with van der Waals surface area (Å²) >= 11 is 0. The minimum absolute atomic E-state index is 0.164. The Morgan fingerprint density at radius 1 is 1.50 bits per heavy atom. The molecule has 1 unspecified atom stereocenters. The summed E-state index contributed by atoms with van der Waals surface area (Å²) in [6, 6.07) is 0.406. The fraction of sp³-hybridized carbons (Fsp3) is 0.500. The van der Waals surface area contributed by atoms with Gasteiger partial charge in [0.2, 0.25) is 0 Å². The number of hydrogen-bond acceptors (Lipinski definition) is 1. The molecule has 0 aromatic carbocycles. The first-order valence-corrected chi connectivity index (χ1v) is 4.15. The summed E-state index contributed by atoms with van der Waals surface area (Å²) in [4.78, 5) is 0. The highest BCUT2D eigenvalue weighted by molar-refractivity contribution is 5.19. The molecule has 2 heteroatoms. The Morgan fingerprint density at radius 2 is 2.17 bits per heavy atom. The Bertz CT molecular complexity index is 291. The molecule has 0 aliphatic carbocycles. The lowest BCUT2D eigenvalue weighted by atomic mass is 10.1. The maximum absolute atomic E-state index is 5.30. The molecule has 1 aromatic rings. The molecule has 0 radical (unpaired) electrons. The Labute approximate surface area is 73.6 Å². The number of nitrogens with zero attached hydrogens (tertiary/aromatic N) is 2. The molecule has 0 aliphatic heterocycles. The molecule has 0 saturated carbocycles. The summed E-state index contributed by atoms with van der Waals surface area (Å²) in [6.07, 6.45) is 9.15. The van der Waals surface area contributed by atoms with Gasteiger partial charge in [0.05, 0.1) is 6.20 Å². The SMILES string of the molecule is C#CC(C)c1cnn(C(C)C)c1. The highest BCUT2D eigenvalue weighted by Crippen LogP contribution is 2.14. The van der Waals surface area contributed by atoms with Gasteiger partial charge in [0, 0.05) is 23.7 Å². The van der Waals surface area contributed by atoms with Gasteiger partial charge in [0.25, 0.3) is 0 Å². The van der Waals surface area contributed by atoms with Crippen molar-refractivity contribution in [2.75, 3.05) is 0 Å². The average molecular weight is 162 g/mol. The van der Waals surface area contributed by atoms with Crippen molar-refractivity contribution in [1.29, 1.82) is 0 Å². The molecule has 1 heterocycles. The molecule has 1 aromatic heterocycles. The molecule has 0 aliphatic rings. The van der Waals surface area contributed by atoms with Gasteiger partial charge in [-0.3, -0.25) is 4.68 Å². The van der Waals surface area contributed by atoms with E-state index in [1.807, 2.05) is 24.0 Å². The number of hydrogen-bond donors (Lipinski definition) is 0. The zero-order chi connectivity index (χ0) is 9.14. The third-order valence-corrected chi connectivity index (χ3v) is 1.90. The lowest BCUT2D eigenvalue weighted by Crippen LogP contribution is -2.00. The molecular formula is C10H14N2. The Kier molecular flexibility index (Phi) is 2.54. The molecule has 0 spiro atoms. The molecule has 1 rings (SSSR count). The maximum Gasteiger partial charge on any atom is 0.0534 e. The highest BCUT2D eigenvalue weighted by Gasteiger charge is 2.05. The molecule has 0 N–H and O–H groups in total. The van der Waals surface area contributed by atoms with Crippen molar-refractivity contribution in [3.8, 4) is 12.3 Å². The van der Waals surface area contributed by atoms with E-state index in [9.17, 15) is 0 Å². The third kappa shape index (κ3) is 1.68. The van der Waals surface area contributed by atoms with Crippen LogP contribution >= 0.6 is 0 Å². The van der Waals surface area contributed by atoms with Gasteiger partial charge in [-0.25, -0.2) is 0 Å². The highest BCUT2D eigenvalue weighted by atomic mass is 15.3. The van der Waals surface area contributed by atoms with Crippen LogP contribution in [0.3, 0.4) is 0 Å². The van der Waals surface area contributed by atoms with E-state index in [4.69, 9.17) is 6.42 Å². The van der Waals surface area contributed by atoms with Crippen LogP contribution in [0.2, 0.25) is 0 Å². The van der Waals surface area contributed by atoms with Crippen molar-refractivity contribution >= 4 is 0 Å². The van der Waals surface area contributed by atoms with Crippen LogP contribution in [0.5, 0.6) is 0 Å².